The molecule has 0 aliphatic carbocycles. The Labute approximate surface area is 172 Å². The fourth-order valence-corrected chi connectivity index (χ4v) is 3.98. The molecule has 2 heterocycles. The molecule has 2 aromatic heterocycles. The Kier molecular flexibility index (Phi) is 6.65. The molecule has 0 fully saturated rings. The number of aromatic nitrogens is 5. The number of anilines is 1. The highest BCUT2D eigenvalue weighted by molar-refractivity contribution is 7.16. The highest BCUT2D eigenvalue weighted by Crippen LogP contribution is 2.27. The minimum absolute atomic E-state index is 0.239. The van der Waals surface area contributed by atoms with Crippen LogP contribution in [-0.4, -0.2) is 44.2 Å². The van der Waals surface area contributed by atoms with Gasteiger partial charge in [0.05, 0.1) is 7.11 Å². The molecule has 1 atom stereocenters. The summed E-state index contributed by atoms with van der Waals surface area (Å²) >= 11 is 1.28. The van der Waals surface area contributed by atoms with Crippen molar-refractivity contribution in [1.29, 1.82) is 0 Å². The van der Waals surface area contributed by atoms with Crippen molar-refractivity contribution in [3.8, 4) is 0 Å². The van der Waals surface area contributed by atoms with E-state index in [0.29, 0.717) is 23.9 Å². The van der Waals surface area contributed by atoms with E-state index in [1.54, 1.807) is 0 Å². The molecule has 0 unspecified atom stereocenters. The zero-order valence-corrected chi connectivity index (χ0v) is 17.2. The lowest BCUT2D eigenvalue weighted by Crippen LogP contribution is -2.28. The van der Waals surface area contributed by atoms with Gasteiger partial charge in [0.1, 0.15) is 12.4 Å². The molecule has 0 saturated carbocycles. The maximum absolute atomic E-state index is 13.0. The number of tetrazole rings is 1. The van der Waals surface area contributed by atoms with Crippen LogP contribution in [0.2, 0.25) is 0 Å². The molecule has 10 heteroatoms. The molecule has 0 bridgehead atoms. The summed E-state index contributed by atoms with van der Waals surface area (Å²) in [7, 11) is 1.31. The van der Waals surface area contributed by atoms with Gasteiger partial charge in [-0.25, -0.2) is 14.5 Å². The van der Waals surface area contributed by atoms with E-state index in [2.05, 4.69) is 25.8 Å². The molecule has 0 spiro atoms. The van der Waals surface area contributed by atoms with Crippen LogP contribution in [0.25, 0.3) is 0 Å². The number of benzene rings is 1. The highest BCUT2D eigenvalue weighted by Gasteiger charge is 2.25. The van der Waals surface area contributed by atoms with E-state index in [1.807, 2.05) is 44.2 Å². The second-order valence-corrected chi connectivity index (χ2v) is 7.95. The summed E-state index contributed by atoms with van der Waals surface area (Å²) in [5, 5.41) is 14.3. The number of carbonyl (C=O) groups is 2. The summed E-state index contributed by atoms with van der Waals surface area (Å²) in [4.78, 5) is 30.2. The van der Waals surface area contributed by atoms with Crippen molar-refractivity contribution >= 4 is 28.3 Å². The number of carbonyl (C=O) groups excluding carboxylic acids is 2. The zero-order chi connectivity index (χ0) is 20.8. The maximum atomic E-state index is 13.0. The van der Waals surface area contributed by atoms with Gasteiger partial charge in [-0.2, -0.15) is 0 Å². The van der Waals surface area contributed by atoms with Gasteiger partial charge in [0.15, 0.2) is 10.8 Å². The van der Waals surface area contributed by atoms with Gasteiger partial charge < -0.3 is 10.1 Å². The molecule has 0 radical (unpaired) electrons. The number of ether oxygens (including phenoxy) is 1. The summed E-state index contributed by atoms with van der Waals surface area (Å²) < 4.78 is 6.23. The maximum Gasteiger partial charge on any atom is 0.357 e. The fourth-order valence-electron chi connectivity index (χ4n) is 2.81. The van der Waals surface area contributed by atoms with Crippen molar-refractivity contribution in [3.63, 3.8) is 0 Å². The molecule has 3 rings (SSSR count). The average Bonchev–Trinajstić information content (AvgIpc) is 3.36. The van der Waals surface area contributed by atoms with Crippen LogP contribution in [0.5, 0.6) is 0 Å². The second-order valence-electron chi connectivity index (χ2n) is 6.86. The van der Waals surface area contributed by atoms with Gasteiger partial charge in [-0.3, -0.25) is 4.79 Å². The smallest absolute Gasteiger partial charge is 0.357 e. The van der Waals surface area contributed by atoms with Crippen LogP contribution >= 0.6 is 11.3 Å². The molecule has 29 heavy (non-hydrogen) atoms. The van der Waals surface area contributed by atoms with E-state index in [0.717, 1.165) is 10.4 Å². The van der Waals surface area contributed by atoms with Crippen molar-refractivity contribution in [3.05, 3.63) is 52.8 Å². The van der Waals surface area contributed by atoms with Crippen LogP contribution in [0.15, 0.2) is 36.7 Å². The summed E-state index contributed by atoms with van der Waals surface area (Å²) in [5.41, 5.74) is 1.21. The lowest BCUT2D eigenvalue weighted by molar-refractivity contribution is -0.119. The van der Waals surface area contributed by atoms with Gasteiger partial charge in [0.2, 0.25) is 0 Å². The molecule has 1 amide bonds. The molecule has 0 aliphatic heterocycles. The molecule has 3 aromatic rings. The Morgan fingerprint density at radius 3 is 2.59 bits per heavy atom. The van der Waals surface area contributed by atoms with Crippen molar-refractivity contribution < 1.29 is 14.3 Å². The minimum Gasteiger partial charge on any atom is -0.464 e. The Bertz CT molecular complexity index is 956. The third kappa shape index (κ3) is 5.23. The van der Waals surface area contributed by atoms with Crippen molar-refractivity contribution in [2.24, 2.45) is 5.92 Å². The molecule has 1 aromatic carbocycles. The lowest BCUT2D eigenvalue weighted by Gasteiger charge is -2.15. The highest BCUT2D eigenvalue weighted by atomic mass is 32.1. The zero-order valence-electron chi connectivity index (χ0n) is 16.4. The van der Waals surface area contributed by atoms with E-state index < -0.39 is 12.0 Å². The quantitative estimate of drug-likeness (QED) is 0.564. The first-order chi connectivity index (χ1) is 14.0. The van der Waals surface area contributed by atoms with Crippen LogP contribution in [0.4, 0.5) is 5.13 Å². The number of hydrogen-bond acceptors (Lipinski definition) is 8. The van der Waals surface area contributed by atoms with Gasteiger partial charge in [0, 0.05) is 11.3 Å². The number of nitrogens with zero attached hydrogens (tertiary/aromatic N) is 5. The van der Waals surface area contributed by atoms with Crippen LogP contribution in [0.1, 0.15) is 40.8 Å². The molecule has 152 valence electrons. The van der Waals surface area contributed by atoms with E-state index in [-0.39, 0.29) is 11.6 Å². The van der Waals surface area contributed by atoms with E-state index in [4.69, 9.17) is 4.74 Å². The van der Waals surface area contributed by atoms with Crippen LogP contribution in [0.3, 0.4) is 0 Å². The topological polar surface area (TPSA) is 112 Å². The molecule has 9 nitrogen and oxygen atoms in total. The van der Waals surface area contributed by atoms with Crippen molar-refractivity contribution in [2.75, 3.05) is 12.4 Å². The predicted octanol–water partition coefficient (Wildman–Crippen LogP) is 2.54. The number of rotatable bonds is 8. The van der Waals surface area contributed by atoms with Crippen LogP contribution in [-0.2, 0) is 22.4 Å². The predicted molar refractivity (Wildman–Crippen MR) is 108 cm³/mol. The molecular weight excluding hydrogens is 392 g/mol. The van der Waals surface area contributed by atoms with Gasteiger partial charge in [-0.1, -0.05) is 44.2 Å². The number of esters is 1. The third-order valence-electron chi connectivity index (χ3n) is 4.16. The summed E-state index contributed by atoms with van der Waals surface area (Å²) in [5.74, 6) is -0.504. The van der Waals surface area contributed by atoms with Gasteiger partial charge in [0.25, 0.3) is 5.91 Å². The molecule has 0 aliphatic rings. The Balaban J connectivity index is 1.84. The second kappa shape index (κ2) is 9.37. The average molecular weight is 414 g/mol. The Morgan fingerprint density at radius 1 is 1.21 bits per heavy atom. The largest absolute Gasteiger partial charge is 0.464 e. The first kappa shape index (κ1) is 20.6. The monoisotopic (exact) mass is 414 g/mol. The first-order valence-corrected chi connectivity index (χ1v) is 9.94. The van der Waals surface area contributed by atoms with Gasteiger partial charge in [-0.15, -0.1) is 16.4 Å². The van der Waals surface area contributed by atoms with Crippen molar-refractivity contribution in [2.45, 2.75) is 32.7 Å². The number of hydrogen-bond donors (Lipinski definition) is 1. The number of nitrogens with one attached hydrogen (secondary N) is 1. The summed E-state index contributed by atoms with van der Waals surface area (Å²) in [6, 6.07) is 8.94. The Morgan fingerprint density at radius 2 is 1.97 bits per heavy atom. The fraction of sp³-hybridized carbons (Fsp3) is 0.368. The normalized spacial score (nSPS) is 12.0. The SMILES string of the molecule is COC(=O)c1nc(NC(=O)[C@@H](Cc2ccccc2)n2cnnn2)sc1CC(C)C. The molecular formula is C19H22N6O3S. The van der Waals surface area contributed by atoms with Crippen molar-refractivity contribution in [1.82, 2.24) is 25.2 Å². The minimum atomic E-state index is -0.661. The Hall–Kier alpha value is -3.14. The first-order valence-electron chi connectivity index (χ1n) is 9.13. The third-order valence-corrected chi connectivity index (χ3v) is 5.15. The number of amides is 1. The number of methoxy groups -OCH3 is 1. The van der Waals surface area contributed by atoms with Crippen LogP contribution in [0, 0.1) is 5.92 Å². The lowest BCUT2D eigenvalue weighted by atomic mass is 10.1. The van der Waals surface area contributed by atoms with E-state index >= 15 is 0 Å². The molecule has 1 N–H and O–H groups in total. The van der Waals surface area contributed by atoms with Gasteiger partial charge in [-0.05, 0) is 28.3 Å². The standard InChI is InChI=1S/C19H22N6O3S/c1-12(2)9-15-16(18(27)28-3)21-19(29-15)22-17(26)14(25-11-20-23-24-25)10-13-7-5-4-6-8-13/h4-8,11-12,14H,9-10H2,1-3H3,(H,21,22,26)/t14-/m1/s1. The summed E-state index contributed by atoms with van der Waals surface area (Å²) in [6.07, 6.45) is 2.48. The summed E-state index contributed by atoms with van der Waals surface area (Å²) in [6.45, 7) is 4.10. The van der Waals surface area contributed by atoms with Crippen LogP contribution < -0.4 is 5.32 Å². The molecule has 0 saturated heterocycles. The number of thiazole rings is 1. The van der Waals surface area contributed by atoms with Gasteiger partial charge >= 0.3 is 5.97 Å². The van der Waals surface area contributed by atoms with E-state index in [9.17, 15) is 9.59 Å². The van der Waals surface area contributed by atoms with E-state index in [1.165, 1.54) is 29.5 Å².